The third kappa shape index (κ3) is 5.95. The summed E-state index contributed by atoms with van der Waals surface area (Å²) in [5.41, 5.74) is 2.56. The summed E-state index contributed by atoms with van der Waals surface area (Å²) in [6, 6.07) is 4.54. The first kappa shape index (κ1) is 17.2. The van der Waals surface area contributed by atoms with Crippen LogP contribution in [-0.2, 0) is 14.3 Å². The quantitative estimate of drug-likeness (QED) is 0.721. The third-order valence-corrected chi connectivity index (χ3v) is 3.13. The molecule has 0 fully saturated rings. The number of unbranched alkanes of at least 4 members (excludes halogenated alkanes) is 1. The number of hydrogen-bond donors (Lipinski definition) is 2. The van der Waals surface area contributed by atoms with Crippen LogP contribution in [-0.4, -0.2) is 30.7 Å². The zero-order valence-electron chi connectivity index (χ0n) is 12.8. The first-order valence-corrected chi connectivity index (χ1v) is 7.03. The summed E-state index contributed by atoms with van der Waals surface area (Å²) < 4.78 is 4.91. The Bertz CT molecular complexity index is 479. The number of nitrogens with one attached hydrogen (secondary N) is 1. The van der Waals surface area contributed by atoms with Gasteiger partial charge >= 0.3 is 5.97 Å². The molecule has 5 nitrogen and oxygen atoms in total. The van der Waals surface area contributed by atoms with Crippen molar-refractivity contribution in [1.82, 2.24) is 5.32 Å². The number of carbonyl (C=O) groups is 2. The molecule has 0 radical (unpaired) electrons. The van der Waals surface area contributed by atoms with Gasteiger partial charge in [0.2, 0.25) is 5.91 Å². The predicted octanol–water partition coefficient (Wildman–Crippen LogP) is 2.36. The Kier molecular flexibility index (Phi) is 6.88. The van der Waals surface area contributed by atoms with E-state index in [0.29, 0.717) is 25.0 Å². The summed E-state index contributed by atoms with van der Waals surface area (Å²) >= 11 is 0. The molecule has 0 aliphatic rings. The van der Waals surface area contributed by atoms with E-state index < -0.39 is 12.0 Å². The number of aryl methyl sites for hydroxylation is 2. The molecule has 2 N–H and O–H groups in total. The van der Waals surface area contributed by atoms with Gasteiger partial charge in [-0.2, -0.15) is 0 Å². The number of amides is 1. The van der Waals surface area contributed by atoms with Crippen molar-refractivity contribution in [2.45, 2.75) is 39.2 Å². The molecule has 0 aliphatic carbocycles. The van der Waals surface area contributed by atoms with Crippen molar-refractivity contribution in [2.75, 3.05) is 13.7 Å². The van der Waals surface area contributed by atoms with Gasteiger partial charge in [-0.05, 0) is 32.3 Å². The average Bonchev–Trinajstić information content (AvgIpc) is 2.39. The SMILES string of the molecule is COCCCCC(=O)NC(C(=O)O)c1cc(C)cc(C)c1. The van der Waals surface area contributed by atoms with E-state index in [0.717, 1.165) is 17.5 Å². The zero-order chi connectivity index (χ0) is 15.8. The molecular formula is C16H23NO4. The molecule has 1 rings (SSSR count). The smallest absolute Gasteiger partial charge is 0.330 e. The molecule has 116 valence electrons. The molecule has 0 heterocycles. The Morgan fingerprint density at radius 3 is 2.33 bits per heavy atom. The van der Waals surface area contributed by atoms with Gasteiger partial charge in [0.1, 0.15) is 0 Å². The number of methoxy groups -OCH3 is 1. The number of carboxylic acids is 1. The molecular weight excluding hydrogens is 270 g/mol. The highest BCUT2D eigenvalue weighted by molar-refractivity contribution is 5.84. The molecule has 5 heteroatoms. The Balaban J connectivity index is 2.69. The molecule has 1 amide bonds. The first-order chi connectivity index (χ1) is 9.93. The van der Waals surface area contributed by atoms with Gasteiger partial charge < -0.3 is 15.2 Å². The fraction of sp³-hybridized carbons (Fsp3) is 0.500. The van der Waals surface area contributed by atoms with Crippen molar-refractivity contribution in [3.8, 4) is 0 Å². The molecule has 21 heavy (non-hydrogen) atoms. The van der Waals surface area contributed by atoms with Gasteiger partial charge in [-0.25, -0.2) is 4.79 Å². The Morgan fingerprint density at radius 1 is 1.19 bits per heavy atom. The third-order valence-electron chi connectivity index (χ3n) is 3.13. The second-order valence-electron chi connectivity index (χ2n) is 5.21. The maximum atomic E-state index is 11.8. The van der Waals surface area contributed by atoms with Crippen molar-refractivity contribution >= 4 is 11.9 Å². The van der Waals surface area contributed by atoms with E-state index in [4.69, 9.17) is 4.74 Å². The minimum atomic E-state index is -1.05. The van der Waals surface area contributed by atoms with Gasteiger partial charge in [0, 0.05) is 20.1 Å². The van der Waals surface area contributed by atoms with Crippen LogP contribution in [0.15, 0.2) is 18.2 Å². The van der Waals surface area contributed by atoms with E-state index in [1.54, 1.807) is 19.2 Å². The molecule has 0 aliphatic heterocycles. The maximum Gasteiger partial charge on any atom is 0.330 e. The van der Waals surface area contributed by atoms with Crippen LogP contribution in [0.3, 0.4) is 0 Å². The Morgan fingerprint density at radius 2 is 1.81 bits per heavy atom. The lowest BCUT2D eigenvalue weighted by atomic mass is 10.0. The fourth-order valence-electron chi connectivity index (χ4n) is 2.23. The standard InChI is InChI=1S/C16H23NO4/c1-11-8-12(2)10-13(9-11)15(16(19)20)17-14(18)6-4-5-7-21-3/h8-10,15H,4-7H2,1-3H3,(H,17,18)(H,19,20). The van der Waals surface area contributed by atoms with Crippen molar-refractivity contribution < 1.29 is 19.4 Å². The van der Waals surface area contributed by atoms with Crippen LogP contribution in [0.25, 0.3) is 0 Å². The average molecular weight is 293 g/mol. The number of hydrogen-bond acceptors (Lipinski definition) is 3. The monoisotopic (exact) mass is 293 g/mol. The molecule has 0 spiro atoms. The number of aliphatic carboxylic acids is 1. The molecule has 0 saturated carbocycles. The summed E-state index contributed by atoms with van der Waals surface area (Å²) in [7, 11) is 1.61. The van der Waals surface area contributed by atoms with Crippen LogP contribution < -0.4 is 5.32 Å². The summed E-state index contributed by atoms with van der Waals surface area (Å²) in [5.74, 6) is -1.30. The molecule has 1 atom stereocenters. The molecule has 1 unspecified atom stereocenters. The second kappa shape index (κ2) is 8.42. The van der Waals surface area contributed by atoms with E-state index in [2.05, 4.69) is 5.32 Å². The summed E-state index contributed by atoms with van der Waals surface area (Å²) in [5, 5.41) is 11.9. The number of rotatable bonds is 8. The largest absolute Gasteiger partial charge is 0.479 e. The van der Waals surface area contributed by atoms with Crippen LogP contribution in [0.5, 0.6) is 0 Å². The molecule has 0 bridgehead atoms. The molecule has 0 saturated heterocycles. The van der Waals surface area contributed by atoms with Gasteiger partial charge in [-0.15, -0.1) is 0 Å². The van der Waals surface area contributed by atoms with Crippen LogP contribution in [0.1, 0.15) is 42.0 Å². The Labute approximate surface area is 125 Å². The van der Waals surface area contributed by atoms with E-state index in [-0.39, 0.29) is 5.91 Å². The van der Waals surface area contributed by atoms with E-state index in [1.165, 1.54) is 0 Å². The van der Waals surface area contributed by atoms with E-state index in [9.17, 15) is 14.7 Å². The predicted molar refractivity (Wildman–Crippen MR) is 80.2 cm³/mol. The van der Waals surface area contributed by atoms with Gasteiger partial charge in [0.15, 0.2) is 6.04 Å². The lowest BCUT2D eigenvalue weighted by Crippen LogP contribution is -2.33. The number of benzene rings is 1. The molecule has 1 aromatic carbocycles. The van der Waals surface area contributed by atoms with Crippen molar-refractivity contribution in [1.29, 1.82) is 0 Å². The fourth-order valence-corrected chi connectivity index (χ4v) is 2.23. The van der Waals surface area contributed by atoms with Gasteiger partial charge in [-0.3, -0.25) is 4.79 Å². The van der Waals surface area contributed by atoms with Crippen molar-refractivity contribution in [3.63, 3.8) is 0 Å². The summed E-state index contributed by atoms with van der Waals surface area (Å²) in [6.45, 7) is 4.41. The van der Waals surface area contributed by atoms with Crippen LogP contribution in [0.4, 0.5) is 0 Å². The molecule has 0 aromatic heterocycles. The summed E-state index contributed by atoms with van der Waals surface area (Å²) in [4.78, 5) is 23.2. The van der Waals surface area contributed by atoms with Crippen LogP contribution in [0.2, 0.25) is 0 Å². The normalized spacial score (nSPS) is 12.0. The Hall–Kier alpha value is -1.88. The second-order valence-corrected chi connectivity index (χ2v) is 5.21. The number of ether oxygens (including phenoxy) is 1. The topological polar surface area (TPSA) is 75.6 Å². The highest BCUT2D eigenvalue weighted by Gasteiger charge is 2.22. The number of carboxylic acid groups (broad SMARTS) is 1. The first-order valence-electron chi connectivity index (χ1n) is 7.03. The van der Waals surface area contributed by atoms with Crippen molar-refractivity contribution in [2.24, 2.45) is 0 Å². The van der Waals surface area contributed by atoms with Crippen LogP contribution in [0, 0.1) is 13.8 Å². The highest BCUT2D eigenvalue weighted by Crippen LogP contribution is 2.18. The van der Waals surface area contributed by atoms with Gasteiger partial charge in [0.05, 0.1) is 0 Å². The lowest BCUT2D eigenvalue weighted by molar-refractivity contribution is -0.142. The van der Waals surface area contributed by atoms with E-state index >= 15 is 0 Å². The van der Waals surface area contributed by atoms with E-state index in [1.807, 2.05) is 19.9 Å². The summed E-state index contributed by atoms with van der Waals surface area (Å²) in [6.07, 6.45) is 1.77. The van der Waals surface area contributed by atoms with Crippen LogP contribution >= 0.6 is 0 Å². The van der Waals surface area contributed by atoms with Gasteiger partial charge in [-0.1, -0.05) is 29.3 Å². The maximum absolute atomic E-state index is 11.8. The minimum absolute atomic E-state index is 0.252. The molecule has 1 aromatic rings. The zero-order valence-corrected chi connectivity index (χ0v) is 12.8. The highest BCUT2D eigenvalue weighted by atomic mass is 16.5. The van der Waals surface area contributed by atoms with Gasteiger partial charge in [0.25, 0.3) is 0 Å². The number of carbonyl (C=O) groups excluding carboxylic acids is 1. The van der Waals surface area contributed by atoms with Crippen molar-refractivity contribution in [3.05, 3.63) is 34.9 Å². The lowest BCUT2D eigenvalue weighted by Gasteiger charge is -2.16. The minimum Gasteiger partial charge on any atom is -0.479 e.